The van der Waals surface area contributed by atoms with Gasteiger partial charge in [-0.15, -0.1) is 0 Å². The maximum absolute atomic E-state index is 12.5. The number of nitrogens with one attached hydrogen (secondary N) is 1. The van der Waals surface area contributed by atoms with Crippen LogP contribution >= 0.6 is 0 Å². The third kappa shape index (κ3) is 2.79. The number of rotatable bonds is 3. The number of carbonyl (C=O) groups excluding carboxylic acids is 2. The van der Waals surface area contributed by atoms with Gasteiger partial charge in [-0.3, -0.25) is 15.0 Å². The Morgan fingerprint density at radius 1 is 1.30 bits per heavy atom. The summed E-state index contributed by atoms with van der Waals surface area (Å²) in [7, 11) is 0. The van der Waals surface area contributed by atoms with E-state index in [2.05, 4.69) is 0 Å². The first-order chi connectivity index (χ1) is 11.1. The Balaban J connectivity index is 2.12. The molecule has 0 bridgehead atoms. The van der Waals surface area contributed by atoms with Crippen LogP contribution in [-0.4, -0.2) is 24.3 Å². The van der Waals surface area contributed by atoms with Gasteiger partial charge in [-0.25, -0.2) is 0 Å². The predicted molar refractivity (Wildman–Crippen MR) is 84.0 cm³/mol. The van der Waals surface area contributed by atoms with Crippen molar-refractivity contribution >= 4 is 17.7 Å². The molecule has 0 saturated heterocycles. The van der Waals surface area contributed by atoms with Crippen LogP contribution in [0, 0.1) is 11.3 Å². The van der Waals surface area contributed by atoms with Crippen LogP contribution in [0.4, 0.5) is 0 Å². The molecule has 0 spiro atoms. The number of esters is 1. The first kappa shape index (κ1) is 15.5. The Bertz CT molecular complexity index is 678. The average molecular weight is 313 g/mol. The first-order valence-electron chi connectivity index (χ1n) is 7.87. The molecular formula is C18H19NO4. The molecule has 1 heterocycles. The molecule has 2 atom stereocenters. The van der Waals surface area contributed by atoms with E-state index in [1.54, 1.807) is 6.92 Å². The average Bonchev–Trinajstić information content (AvgIpc) is 2.54. The van der Waals surface area contributed by atoms with Gasteiger partial charge in [0.05, 0.1) is 6.61 Å². The highest BCUT2D eigenvalue weighted by Gasteiger charge is 2.46. The van der Waals surface area contributed by atoms with Gasteiger partial charge in [0.2, 0.25) is 5.90 Å². The van der Waals surface area contributed by atoms with Gasteiger partial charge < -0.3 is 9.47 Å². The fraction of sp³-hybridized carbons (Fsp3) is 0.389. The first-order valence-corrected chi connectivity index (χ1v) is 7.87. The summed E-state index contributed by atoms with van der Waals surface area (Å²) in [6.07, 6.45) is 1.80. The van der Waals surface area contributed by atoms with Gasteiger partial charge in [0, 0.05) is 24.3 Å². The summed E-state index contributed by atoms with van der Waals surface area (Å²) in [5.41, 5.74) is 1.37. The molecule has 2 unspecified atom stereocenters. The zero-order chi connectivity index (χ0) is 16.4. The largest absolute Gasteiger partial charge is 0.465 e. The zero-order valence-electron chi connectivity index (χ0n) is 13.0. The molecule has 1 aromatic carbocycles. The summed E-state index contributed by atoms with van der Waals surface area (Å²) in [5.74, 6) is -1.51. The van der Waals surface area contributed by atoms with Crippen molar-refractivity contribution in [3.8, 4) is 0 Å². The van der Waals surface area contributed by atoms with Gasteiger partial charge in [-0.05, 0) is 18.9 Å². The van der Waals surface area contributed by atoms with Crippen molar-refractivity contribution < 1.29 is 19.1 Å². The molecule has 2 aliphatic rings. The Labute approximate surface area is 134 Å². The van der Waals surface area contributed by atoms with E-state index in [4.69, 9.17) is 14.9 Å². The van der Waals surface area contributed by atoms with E-state index < -0.39 is 17.8 Å². The molecule has 5 heteroatoms. The van der Waals surface area contributed by atoms with Crippen molar-refractivity contribution in [3.63, 3.8) is 0 Å². The number of carbonyl (C=O) groups is 2. The van der Waals surface area contributed by atoms with Crippen LogP contribution in [0.5, 0.6) is 0 Å². The molecular weight excluding hydrogens is 294 g/mol. The van der Waals surface area contributed by atoms with E-state index >= 15 is 0 Å². The van der Waals surface area contributed by atoms with Crippen LogP contribution in [0.1, 0.15) is 37.7 Å². The SMILES string of the molecule is CCOC(=O)C1C(=N)OC2=C(C(=O)CCC2)C1c1ccccc1. The molecule has 0 saturated carbocycles. The molecule has 1 N–H and O–H groups in total. The minimum absolute atomic E-state index is 0.00176. The second-order valence-corrected chi connectivity index (χ2v) is 5.70. The van der Waals surface area contributed by atoms with Gasteiger partial charge in [0.25, 0.3) is 0 Å². The maximum atomic E-state index is 12.5. The van der Waals surface area contributed by atoms with E-state index in [-0.39, 0.29) is 18.3 Å². The summed E-state index contributed by atoms with van der Waals surface area (Å²) >= 11 is 0. The standard InChI is InChI=1S/C18H19NO4/c1-2-22-18(21)16-14(11-7-4-3-5-8-11)15-12(20)9-6-10-13(15)23-17(16)19/h3-5,7-8,14,16,19H,2,6,9-10H2,1H3. The fourth-order valence-electron chi connectivity index (χ4n) is 3.30. The van der Waals surface area contributed by atoms with Crippen molar-refractivity contribution in [1.82, 2.24) is 0 Å². The van der Waals surface area contributed by atoms with E-state index in [0.29, 0.717) is 24.2 Å². The molecule has 1 aromatic rings. The van der Waals surface area contributed by atoms with Crippen molar-refractivity contribution in [2.45, 2.75) is 32.1 Å². The Hall–Kier alpha value is -2.43. The number of hydrogen-bond acceptors (Lipinski definition) is 5. The van der Waals surface area contributed by atoms with Crippen molar-refractivity contribution in [1.29, 1.82) is 5.41 Å². The lowest BCUT2D eigenvalue weighted by molar-refractivity contribution is -0.146. The minimum Gasteiger partial charge on any atom is -0.465 e. The Morgan fingerprint density at radius 3 is 2.74 bits per heavy atom. The van der Waals surface area contributed by atoms with Crippen molar-refractivity contribution in [2.24, 2.45) is 5.92 Å². The zero-order valence-corrected chi connectivity index (χ0v) is 13.0. The lowest BCUT2D eigenvalue weighted by Gasteiger charge is -2.35. The third-order valence-electron chi connectivity index (χ3n) is 4.27. The van der Waals surface area contributed by atoms with Crippen LogP contribution in [0.15, 0.2) is 41.7 Å². The lowest BCUT2D eigenvalue weighted by atomic mass is 9.74. The number of allylic oxidation sites excluding steroid dienone is 2. The minimum atomic E-state index is -0.904. The van der Waals surface area contributed by atoms with Gasteiger partial charge in [-0.2, -0.15) is 0 Å². The van der Waals surface area contributed by atoms with E-state index in [0.717, 1.165) is 12.0 Å². The normalized spacial score (nSPS) is 24.0. The second kappa shape index (κ2) is 6.36. The quantitative estimate of drug-likeness (QED) is 0.870. The van der Waals surface area contributed by atoms with Crippen LogP contribution in [0.25, 0.3) is 0 Å². The fourth-order valence-corrected chi connectivity index (χ4v) is 3.30. The molecule has 0 radical (unpaired) electrons. The lowest BCUT2D eigenvalue weighted by Crippen LogP contribution is -2.40. The van der Waals surface area contributed by atoms with E-state index in [1.165, 1.54) is 0 Å². The molecule has 3 rings (SSSR count). The van der Waals surface area contributed by atoms with Crippen LogP contribution in [0.3, 0.4) is 0 Å². The van der Waals surface area contributed by atoms with E-state index in [1.807, 2.05) is 30.3 Å². The van der Waals surface area contributed by atoms with Gasteiger partial charge in [-0.1, -0.05) is 30.3 Å². The van der Waals surface area contributed by atoms with Crippen LogP contribution in [0.2, 0.25) is 0 Å². The Morgan fingerprint density at radius 2 is 2.04 bits per heavy atom. The highest BCUT2D eigenvalue weighted by Crippen LogP contribution is 2.43. The number of benzene rings is 1. The molecule has 120 valence electrons. The summed E-state index contributed by atoms with van der Waals surface area (Å²) in [6, 6.07) is 9.36. The van der Waals surface area contributed by atoms with Crippen LogP contribution in [-0.2, 0) is 19.1 Å². The topological polar surface area (TPSA) is 76.5 Å². The van der Waals surface area contributed by atoms with Gasteiger partial charge >= 0.3 is 5.97 Å². The highest BCUT2D eigenvalue weighted by molar-refractivity contribution is 6.06. The van der Waals surface area contributed by atoms with Crippen molar-refractivity contribution in [3.05, 3.63) is 47.2 Å². The number of Topliss-reactive ketones (excluding diaryl/α,β-unsaturated/α-hetero) is 1. The van der Waals surface area contributed by atoms with Crippen LogP contribution < -0.4 is 0 Å². The molecule has 5 nitrogen and oxygen atoms in total. The van der Waals surface area contributed by atoms with Gasteiger partial charge in [0.15, 0.2) is 5.78 Å². The molecule has 0 fully saturated rings. The summed E-state index contributed by atoms with van der Waals surface area (Å²) in [5, 5.41) is 8.15. The number of hydrogen-bond donors (Lipinski definition) is 1. The Kier molecular flexibility index (Phi) is 4.28. The summed E-state index contributed by atoms with van der Waals surface area (Å²) < 4.78 is 10.7. The van der Waals surface area contributed by atoms with Gasteiger partial charge in [0.1, 0.15) is 11.7 Å². The molecule has 1 aliphatic carbocycles. The second-order valence-electron chi connectivity index (χ2n) is 5.70. The highest BCUT2D eigenvalue weighted by atomic mass is 16.5. The molecule has 1 aliphatic heterocycles. The molecule has 23 heavy (non-hydrogen) atoms. The molecule has 0 aromatic heterocycles. The van der Waals surface area contributed by atoms with Crippen molar-refractivity contribution in [2.75, 3.05) is 6.61 Å². The smallest absolute Gasteiger partial charge is 0.319 e. The monoisotopic (exact) mass is 313 g/mol. The third-order valence-corrected chi connectivity index (χ3v) is 4.27. The summed E-state index contributed by atoms with van der Waals surface area (Å²) in [4.78, 5) is 24.9. The maximum Gasteiger partial charge on any atom is 0.319 e. The number of ether oxygens (including phenoxy) is 2. The number of ketones is 1. The van der Waals surface area contributed by atoms with E-state index in [9.17, 15) is 9.59 Å². The molecule has 0 amide bonds. The predicted octanol–water partition coefficient (Wildman–Crippen LogP) is 2.96. The summed E-state index contributed by atoms with van der Waals surface area (Å²) in [6.45, 7) is 1.95.